The minimum Gasteiger partial charge on any atom is -0.337 e. The van der Waals surface area contributed by atoms with Gasteiger partial charge in [-0.3, -0.25) is 0 Å². The number of hydrogen-bond acceptors (Lipinski definition) is 4. The summed E-state index contributed by atoms with van der Waals surface area (Å²) in [6.07, 6.45) is 0. The van der Waals surface area contributed by atoms with Crippen LogP contribution in [0.1, 0.15) is 17.5 Å². The van der Waals surface area contributed by atoms with Crippen molar-refractivity contribution >= 4 is 11.6 Å². The fourth-order valence-electron chi connectivity index (χ4n) is 1.91. The summed E-state index contributed by atoms with van der Waals surface area (Å²) in [6, 6.07) is 16.5. The average Bonchev–Trinajstić information content (AvgIpc) is 2.97. The summed E-state index contributed by atoms with van der Waals surface area (Å²) in [4.78, 5) is 4.34. The van der Waals surface area contributed by atoms with Crippen LogP contribution in [0.15, 0.2) is 59.1 Å². The quantitative estimate of drug-likeness (QED) is 0.800. The molecule has 0 bridgehead atoms. The van der Waals surface area contributed by atoms with Crippen molar-refractivity contribution in [2.75, 3.05) is 0 Å². The Labute approximate surface area is 121 Å². The minimum atomic E-state index is -0.434. The summed E-state index contributed by atoms with van der Waals surface area (Å²) in [5, 5.41) is 4.58. The van der Waals surface area contributed by atoms with Crippen LogP contribution in [0.25, 0.3) is 11.4 Å². The molecule has 0 fully saturated rings. The first-order chi connectivity index (χ1) is 9.74. The van der Waals surface area contributed by atoms with E-state index in [1.165, 1.54) is 0 Å². The van der Waals surface area contributed by atoms with E-state index < -0.39 is 6.04 Å². The van der Waals surface area contributed by atoms with Crippen molar-refractivity contribution in [1.82, 2.24) is 10.1 Å². The van der Waals surface area contributed by atoms with Crippen LogP contribution < -0.4 is 5.73 Å². The predicted octanol–water partition coefficient (Wildman–Crippen LogP) is 3.44. The van der Waals surface area contributed by atoms with Crippen LogP contribution in [-0.2, 0) is 0 Å². The summed E-state index contributed by atoms with van der Waals surface area (Å²) in [6.45, 7) is 0. The van der Waals surface area contributed by atoms with E-state index in [4.69, 9.17) is 21.9 Å². The molecule has 1 aromatic heterocycles. The fourth-order valence-corrected chi connectivity index (χ4v) is 2.10. The molecule has 0 amide bonds. The van der Waals surface area contributed by atoms with E-state index in [0.29, 0.717) is 16.7 Å². The van der Waals surface area contributed by atoms with E-state index in [1.807, 2.05) is 42.5 Å². The Morgan fingerprint density at radius 2 is 1.85 bits per heavy atom. The highest BCUT2D eigenvalue weighted by Gasteiger charge is 2.17. The third-order valence-corrected chi connectivity index (χ3v) is 3.18. The lowest BCUT2D eigenvalue weighted by atomic mass is 10.1. The maximum Gasteiger partial charge on any atom is 0.248 e. The largest absolute Gasteiger partial charge is 0.337 e. The fraction of sp³-hybridized carbons (Fsp3) is 0.0667. The van der Waals surface area contributed by atoms with Gasteiger partial charge in [0.2, 0.25) is 11.7 Å². The molecule has 0 aliphatic heterocycles. The Bertz CT molecular complexity index is 712. The van der Waals surface area contributed by atoms with Crippen LogP contribution in [0.2, 0.25) is 5.02 Å². The lowest BCUT2D eigenvalue weighted by molar-refractivity contribution is 0.367. The molecule has 20 heavy (non-hydrogen) atoms. The van der Waals surface area contributed by atoms with E-state index in [9.17, 15) is 0 Å². The molecule has 2 aromatic carbocycles. The molecule has 0 saturated heterocycles. The van der Waals surface area contributed by atoms with Crippen LogP contribution in [0.4, 0.5) is 0 Å². The van der Waals surface area contributed by atoms with Crippen LogP contribution in [0, 0.1) is 0 Å². The van der Waals surface area contributed by atoms with Crippen molar-refractivity contribution in [3.63, 3.8) is 0 Å². The molecular formula is C15H12ClN3O. The molecule has 0 saturated carbocycles. The summed E-state index contributed by atoms with van der Waals surface area (Å²) in [7, 11) is 0. The number of nitrogens with two attached hydrogens (primary N) is 1. The second-order valence-corrected chi connectivity index (χ2v) is 4.79. The second kappa shape index (κ2) is 5.45. The first-order valence-corrected chi connectivity index (χ1v) is 6.52. The molecular weight excluding hydrogens is 274 g/mol. The molecule has 0 radical (unpaired) electrons. The Balaban J connectivity index is 1.91. The van der Waals surface area contributed by atoms with Crippen molar-refractivity contribution in [2.24, 2.45) is 5.73 Å². The van der Waals surface area contributed by atoms with Gasteiger partial charge in [-0.25, -0.2) is 0 Å². The topological polar surface area (TPSA) is 64.9 Å². The normalized spacial score (nSPS) is 12.3. The van der Waals surface area contributed by atoms with E-state index in [-0.39, 0.29) is 0 Å². The Morgan fingerprint density at radius 1 is 1.05 bits per heavy atom. The molecule has 1 heterocycles. The van der Waals surface area contributed by atoms with Crippen molar-refractivity contribution in [3.8, 4) is 11.4 Å². The number of hydrogen-bond donors (Lipinski definition) is 1. The third-order valence-electron chi connectivity index (χ3n) is 2.95. The molecule has 0 spiro atoms. The number of halogens is 1. The van der Waals surface area contributed by atoms with E-state index in [0.717, 1.165) is 11.1 Å². The van der Waals surface area contributed by atoms with Gasteiger partial charge in [-0.2, -0.15) is 4.98 Å². The summed E-state index contributed by atoms with van der Waals surface area (Å²) >= 11 is 5.95. The lowest BCUT2D eigenvalue weighted by Crippen LogP contribution is -2.11. The van der Waals surface area contributed by atoms with Gasteiger partial charge in [0, 0.05) is 10.6 Å². The van der Waals surface area contributed by atoms with E-state index in [1.54, 1.807) is 12.1 Å². The van der Waals surface area contributed by atoms with Crippen LogP contribution in [-0.4, -0.2) is 10.1 Å². The van der Waals surface area contributed by atoms with Gasteiger partial charge in [-0.05, 0) is 17.7 Å². The Morgan fingerprint density at radius 3 is 2.60 bits per heavy atom. The van der Waals surface area contributed by atoms with Crippen molar-refractivity contribution < 1.29 is 4.52 Å². The molecule has 4 nitrogen and oxygen atoms in total. The molecule has 3 rings (SSSR count). The lowest BCUT2D eigenvalue weighted by Gasteiger charge is -2.05. The highest BCUT2D eigenvalue weighted by atomic mass is 35.5. The highest BCUT2D eigenvalue weighted by molar-refractivity contribution is 6.30. The number of aromatic nitrogens is 2. The van der Waals surface area contributed by atoms with Crippen LogP contribution >= 0.6 is 11.6 Å². The second-order valence-electron chi connectivity index (χ2n) is 4.35. The minimum absolute atomic E-state index is 0.381. The van der Waals surface area contributed by atoms with Crippen molar-refractivity contribution in [2.45, 2.75) is 6.04 Å². The molecule has 5 heteroatoms. The number of nitrogens with zero attached hydrogens (tertiary/aromatic N) is 2. The monoisotopic (exact) mass is 285 g/mol. The first-order valence-electron chi connectivity index (χ1n) is 6.14. The standard InChI is InChI=1S/C15H12ClN3O/c16-12-8-4-7-11(9-12)14-18-15(20-19-14)13(17)10-5-2-1-3-6-10/h1-9,13H,17H2. The maximum absolute atomic E-state index is 6.12. The average molecular weight is 286 g/mol. The van der Waals surface area contributed by atoms with Gasteiger partial charge >= 0.3 is 0 Å². The molecule has 3 aromatic rings. The van der Waals surface area contributed by atoms with Crippen LogP contribution in [0.3, 0.4) is 0 Å². The number of benzene rings is 2. The van der Waals surface area contributed by atoms with Gasteiger partial charge in [-0.15, -0.1) is 0 Å². The van der Waals surface area contributed by atoms with Gasteiger partial charge in [-0.1, -0.05) is 59.2 Å². The molecule has 100 valence electrons. The van der Waals surface area contributed by atoms with Gasteiger partial charge in [0.25, 0.3) is 0 Å². The molecule has 2 N–H and O–H groups in total. The van der Waals surface area contributed by atoms with E-state index >= 15 is 0 Å². The SMILES string of the molecule is NC(c1ccccc1)c1nc(-c2cccc(Cl)c2)no1. The van der Waals surface area contributed by atoms with Gasteiger partial charge in [0.1, 0.15) is 6.04 Å². The zero-order valence-corrected chi connectivity index (χ0v) is 11.3. The molecule has 0 aliphatic rings. The third kappa shape index (κ3) is 2.57. The summed E-state index contributed by atoms with van der Waals surface area (Å²) < 4.78 is 5.25. The summed E-state index contributed by atoms with van der Waals surface area (Å²) in [5.41, 5.74) is 7.84. The molecule has 1 atom stereocenters. The molecule has 0 aliphatic carbocycles. The number of rotatable bonds is 3. The van der Waals surface area contributed by atoms with E-state index in [2.05, 4.69) is 10.1 Å². The zero-order valence-electron chi connectivity index (χ0n) is 10.5. The molecule has 1 unspecified atom stereocenters. The zero-order chi connectivity index (χ0) is 13.9. The smallest absolute Gasteiger partial charge is 0.248 e. The highest BCUT2D eigenvalue weighted by Crippen LogP contribution is 2.23. The van der Waals surface area contributed by atoms with Crippen molar-refractivity contribution in [3.05, 3.63) is 71.1 Å². The van der Waals surface area contributed by atoms with Gasteiger partial charge < -0.3 is 10.3 Å². The predicted molar refractivity (Wildman–Crippen MR) is 77.2 cm³/mol. The summed E-state index contributed by atoms with van der Waals surface area (Å²) in [5.74, 6) is 0.861. The van der Waals surface area contributed by atoms with Crippen LogP contribution in [0.5, 0.6) is 0 Å². The maximum atomic E-state index is 6.12. The van der Waals surface area contributed by atoms with Crippen molar-refractivity contribution in [1.29, 1.82) is 0 Å². The van der Waals surface area contributed by atoms with Gasteiger partial charge in [0.05, 0.1) is 0 Å². The first kappa shape index (κ1) is 12.8. The van der Waals surface area contributed by atoms with Gasteiger partial charge in [0.15, 0.2) is 0 Å². The Hall–Kier alpha value is -2.17. The Kier molecular flexibility index (Phi) is 3.50.